The number of benzene rings is 2. The van der Waals surface area contributed by atoms with E-state index in [0.29, 0.717) is 11.8 Å². The maximum Gasteiger partial charge on any atom is 0.227 e. The van der Waals surface area contributed by atoms with Gasteiger partial charge in [0, 0.05) is 10.0 Å². The summed E-state index contributed by atoms with van der Waals surface area (Å²) in [4.78, 5) is 4.61. The molecule has 1 unspecified atom stereocenters. The van der Waals surface area contributed by atoms with Crippen molar-refractivity contribution in [1.29, 1.82) is 0 Å². The molecule has 2 aromatic carbocycles. The Bertz CT molecular complexity index is 730. The van der Waals surface area contributed by atoms with Crippen LogP contribution >= 0.6 is 15.9 Å². The molecule has 2 nitrogen and oxygen atoms in total. The Morgan fingerprint density at radius 3 is 2.60 bits per heavy atom. The van der Waals surface area contributed by atoms with E-state index >= 15 is 0 Å². The average Bonchev–Trinajstić information content (AvgIpc) is 2.90. The normalized spacial score (nSPS) is 12.8. The first-order valence-electron chi connectivity index (χ1n) is 6.84. The summed E-state index contributed by atoms with van der Waals surface area (Å²) in [5.41, 5.74) is 4.08. The summed E-state index contributed by atoms with van der Waals surface area (Å²) in [5.74, 6) is 1.22. The first-order chi connectivity index (χ1) is 9.67. The minimum absolute atomic E-state index is 0.548. The van der Waals surface area contributed by atoms with Crippen molar-refractivity contribution in [3.8, 4) is 11.5 Å². The zero-order chi connectivity index (χ0) is 14.1. The maximum atomic E-state index is 5.84. The van der Waals surface area contributed by atoms with Gasteiger partial charge in [-0.05, 0) is 54.3 Å². The van der Waals surface area contributed by atoms with Gasteiger partial charge in [0.15, 0.2) is 5.58 Å². The highest BCUT2D eigenvalue weighted by Crippen LogP contribution is 2.28. The highest BCUT2D eigenvalue weighted by molar-refractivity contribution is 9.10. The molecule has 0 saturated heterocycles. The number of aromatic nitrogens is 1. The summed E-state index contributed by atoms with van der Waals surface area (Å²) < 4.78 is 6.89. The molecule has 1 aromatic heterocycles. The second-order valence-electron chi connectivity index (χ2n) is 5.06. The summed E-state index contributed by atoms with van der Waals surface area (Å²) in [6, 6.07) is 14.3. The Kier molecular flexibility index (Phi) is 3.62. The van der Waals surface area contributed by atoms with Crippen LogP contribution in [0.25, 0.3) is 22.6 Å². The quantitative estimate of drug-likeness (QED) is 0.609. The molecule has 20 heavy (non-hydrogen) atoms. The van der Waals surface area contributed by atoms with Crippen LogP contribution in [0.4, 0.5) is 0 Å². The molecule has 0 aliphatic heterocycles. The standard InChI is InChI=1S/C17H16BrNO/c1-3-11(2)13-6-9-16-15(10-13)19-17(20-16)12-4-7-14(18)8-5-12/h4-11H,3H2,1-2H3. The molecule has 0 bridgehead atoms. The van der Waals surface area contributed by atoms with Gasteiger partial charge in [-0.25, -0.2) is 4.98 Å². The summed E-state index contributed by atoms with van der Waals surface area (Å²) >= 11 is 3.44. The average molecular weight is 330 g/mol. The molecule has 3 aromatic rings. The minimum Gasteiger partial charge on any atom is -0.436 e. The largest absolute Gasteiger partial charge is 0.436 e. The maximum absolute atomic E-state index is 5.84. The highest BCUT2D eigenvalue weighted by atomic mass is 79.9. The molecule has 102 valence electrons. The molecule has 1 heterocycles. The molecule has 0 radical (unpaired) electrons. The van der Waals surface area contributed by atoms with E-state index in [0.717, 1.165) is 27.6 Å². The number of halogens is 1. The van der Waals surface area contributed by atoms with Gasteiger partial charge in [-0.1, -0.05) is 35.8 Å². The van der Waals surface area contributed by atoms with E-state index in [2.05, 4.69) is 46.9 Å². The highest BCUT2D eigenvalue weighted by Gasteiger charge is 2.10. The molecular weight excluding hydrogens is 314 g/mol. The van der Waals surface area contributed by atoms with Crippen molar-refractivity contribution in [2.75, 3.05) is 0 Å². The summed E-state index contributed by atoms with van der Waals surface area (Å²) in [6.07, 6.45) is 1.13. The van der Waals surface area contributed by atoms with E-state index < -0.39 is 0 Å². The lowest BCUT2D eigenvalue weighted by Gasteiger charge is -2.07. The summed E-state index contributed by atoms with van der Waals surface area (Å²) in [5, 5.41) is 0. The topological polar surface area (TPSA) is 26.0 Å². The predicted molar refractivity (Wildman–Crippen MR) is 85.9 cm³/mol. The van der Waals surface area contributed by atoms with Crippen molar-refractivity contribution in [2.24, 2.45) is 0 Å². The minimum atomic E-state index is 0.548. The fourth-order valence-electron chi connectivity index (χ4n) is 2.20. The molecule has 0 N–H and O–H groups in total. The van der Waals surface area contributed by atoms with Gasteiger partial charge in [0.25, 0.3) is 0 Å². The van der Waals surface area contributed by atoms with Gasteiger partial charge in [0.05, 0.1) is 0 Å². The van der Waals surface area contributed by atoms with Gasteiger partial charge in [0.2, 0.25) is 5.89 Å². The third-order valence-corrected chi connectivity index (χ3v) is 4.21. The molecule has 0 amide bonds. The van der Waals surface area contributed by atoms with Crippen molar-refractivity contribution in [3.63, 3.8) is 0 Å². The van der Waals surface area contributed by atoms with Crippen LogP contribution in [0.1, 0.15) is 31.7 Å². The fraction of sp³-hybridized carbons (Fsp3) is 0.235. The molecular formula is C17H16BrNO. The molecule has 3 heteroatoms. The second kappa shape index (κ2) is 5.41. The third-order valence-electron chi connectivity index (χ3n) is 3.68. The lowest BCUT2D eigenvalue weighted by molar-refractivity contribution is 0.619. The summed E-state index contributed by atoms with van der Waals surface area (Å²) in [6.45, 7) is 4.43. The van der Waals surface area contributed by atoms with Crippen LogP contribution in [0.2, 0.25) is 0 Å². The molecule has 3 rings (SSSR count). The second-order valence-corrected chi connectivity index (χ2v) is 5.98. The molecule has 0 aliphatic carbocycles. The Hall–Kier alpha value is -1.61. The zero-order valence-corrected chi connectivity index (χ0v) is 13.1. The monoisotopic (exact) mass is 329 g/mol. The molecule has 0 fully saturated rings. The number of hydrogen-bond acceptors (Lipinski definition) is 2. The van der Waals surface area contributed by atoms with Gasteiger partial charge >= 0.3 is 0 Å². The van der Waals surface area contributed by atoms with E-state index in [-0.39, 0.29) is 0 Å². The van der Waals surface area contributed by atoms with Crippen LogP contribution in [0.5, 0.6) is 0 Å². The van der Waals surface area contributed by atoms with Crippen LogP contribution < -0.4 is 0 Å². The lowest BCUT2D eigenvalue weighted by atomic mass is 9.98. The Balaban J connectivity index is 2.04. The van der Waals surface area contributed by atoms with Gasteiger partial charge < -0.3 is 4.42 Å². The van der Waals surface area contributed by atoms with Crippen molar-refractivity contribution < 1.29 is 4.42 Å². The Morgan fingerprint density at radius 2 is 1.90 bits per heavy atom. The van der Waals surface area contributed by atoms with E-state index in [1.165, 1.54) is 5.56 Å². The summed E-state index contributed by atoms with van der Waals surface area (Å²) in [7, 11) is 0. The van der Waals surface area contributed by atoms with Crippen molar-refractivity contribution in [3.05, 3.63) is 52.5 Å². The van der Waals surface area contributed by atoms with Gasteiger partial charge in [0.1, 0.15) is 5.52 Å². The number of oxazole rings is 1. The first-order valence-corrected chi connectivity index (χ1v) is 7.63. The van der Waals surface area contributed by atoms with Crippen LogP contribution in [-0.2, 0) is 0 Å². The number of nitrogens with zero attached hydrogens (tertiary/aromatic N) is 1. The van der Waals surface area contributed by atoms with Gasteiger partial charge in [-0.15, -0.1) is 0 Å². The van der Waals surface area contributed by atoms with E-state index in [9.17, 15) is 0 Å². The van der Waals surface area contributed by atoms with E-state index in [1.807, 2.05) is 30.3 Å². The number of hydrogen-bond donors (Lipinski definition) is 0. The number of fused-ring (bicyclic) bond motifs is 1. The zero-order valence-electron chi connectivity index (χ0n) is 11.6. The third kappa shape index (κ3) is 2.50. The van der Waals surface area contributed by atoms with Crippen LogP contribution in [0.3, 0.4) is 0 Å². The van der Waals surface area contributed by atoms with Crippen molar-refractivity contribution in [2.45, 2.75) is 26.2 Å². The van der Waals surface area contributed by atoms with Crippen LogP contribution in [0.15, 0.2) is 51.4 Å². The fourth-order valence-corrected chi connectivity index (χ4v) is 2.47. The first kappa shape index (κ1) is 13.4. The smallest absolute Gasteiger partial charge is 0.227 e. The molecule has 0 aliphatic rings. The van der Waals surface area contributed by atoms with Crippen LogP contribution in [0, 0.1) is 0 Å². The lowest BCUT2D eigenvalue weighted by Crippen LogP contribution is -1.90. The SMILES string of the molecule is CCC(C)c1ccc2oc(-c3ccc(Br)cc3)nc2c1. The van der Waals surface area contributed by atoms with Gasteiger partial charge in [-0.2, -0.15) is 0 Å². The van der Waals surface area contributed by atoms with Crippen molar-refractivity contribution in [1.82, 2.24) is 4.98 Å². The Morgan fingerprint density at radius 1 is 1.15 bits per heavy atom. The van der Waals surface area contributed by atoms with Crippen molar-refractivity contribution >= 4 is 27.0 Å². The van der Waals surface area contributed by atoms with Crippen LogP contribution in [-0.4, -0.2) is 4.98 Å². The Labute approximate surface area is 127 Å². The molecule has 1 atom stereocenters. The van der Waals surface area contributed by atoms with Gasteiger partial charge in [-0.3, -0.25) is 0 Å². The van der Waals surface area contributed by atoms with E-state index in [1.54, 1.807) is 0 Å². The molecule has 0 saturated carbocycles. The predicted octanol–water partition coefficient (Wildman–Crippen LogP) is 5.77. The van der Waals surface area contributed by atoms with E-state index in [4.69, 9.17) is 4.42 Å². The molecule has 0 spiro atoms. The number of rotatable bonds is 3.